The number of carbonyl (C=O) groups is 1. The summed E-state index contributed by atoms with van der Waals surface area (Å²) in [6.45, 7) is 3.26. The first-order valence-electron chi connectivity index (χ1n) is 6.21. The fraction of sp³-hybridized carbons (Fsp3) is 0.267. The van der Waals surface area contributed by atoms with E-state index in [1.54, 1.807) is 19.9 Å². The molecule has 4 nitrogen and oxygen atoms in total. The topological polar surface area (TPSA) is 62.5 Å². The summed E-state index contributed by atoms with van der Waals surface area (Å²) in [4.78, 5) is 11.9. The Bertz CT molecular complexity index is 602. The van der Waals surface area contributed by atoms with Gasteiger partial charge in [0, 0.05) is 0 Å². The number of carbonyl (C=O) groups excluding carboxylic acids is 1. The predicted octanol–water partition coefficient (Wildman–Crippen LogP) is 2.36. The SMILES string of the molecule is Cc1occc1C(=O)NCC(C)(O)c1ccc(F)cc1. The number of nitrogens with one attached hydrogen (secondary N) is 1. The Morgan fingerprint density at radius 2 is 2.00 bits per heavy atom. The van der Waals surface area contributed by atoms with Gasteiger partial charge in [-0.1, -0.05) is 12.1 Å². The van der Waals surface area contributed by atoms with E-state index in [4.69, 9.17) is 4.42 Å². The summed E-state index contributed by atoms with van der Waals surface area (Å²) >= 11 is 0. The number of furan rings is 1. The average Bonchev–Trinajstić information content (AvgIpc) is 2.83. The summed E-state index contributed by atoms with van der Waals surface area (Å²) in [7, 11) is 0. The number of rotatable bonds is 4. The largest absolute Gasteiger partial charge is 0.469 e. The van der Waals surface area contributed by atoms with Gasteiger partial charge in [-0.3, -0.25) is 4.79 Å². The van der Waals surface area contributed by atoms with Crippen molar-refractivity contribution in [2.45, 2.75) is 19.4 Å². The van der Waals surface area contributed by atoms with Crippen LogP contribution in [0.4, 0.5) is 4.39 Å². The molecule has 2 rings (SSSR count). The highest BCUT2D eigenvalue weighted by molar-refractivity contribution is 5.95. The summed E-state index contributed by atoms with van der Waals surface area (Å²) in [5.74, 6) is -0.176. The Labute approximate surface area is 116 Å². The first-order chi connectivity index (χ1) is 9.40. The smallest absolute Gasteiger partial charge is 0.254 e. The Hall–Kier alpha value is -2.14. The van der Waals surface area contributed by atoms with Crippen LogP contribution in [0.3, 0.4) is 0 Å². The molecule has 0 aliphatic carbocycles. The number of benzene rings is 1. The summed E-state index contributed by atoms with van der Waals surface area (Å²) in [6.07, 6.45) is 1.43. The number of aliphatic hydroxyl groups is 1. The highest BCUT2D eigenvalue weighted by atomic mass is 19.1. The van der Waals surface area contributed by atoms with Gasteiger partial charge in [-0.05, 0) is 37.6 Å². The zero-order valence-corrected chi connectivity index (χ0v) is 11.3. The second-order valence-corrected chi connectivity index (χ2v) is 4.85. The van der Waals surface area contributed by atoms with Gasteiger partial charge in [-0.2, -0.15) is 0 Å². The molecule has 0 spiro atoms. The minimum absolute atomic E-state index is 0.0160. The van der Waals surface area contributed by atoms with Crippen molar-refractivity contribution in [3.8, 4) is 0 Å². The van der Waals surface area contributed by atoms with Crippen LogP contribution < -0.4 is 5.32 Å². The molecule has 5 heteroatoms. The van der Waals surface area contributed by atoms with Crippen molar-refractivity contribution in [3.05, 3.63) is 59.3 Å². The molecule has 1 aromatic heterocycles. The van der Waals surface area contributed by atoms with Crippen molar-refractivity contribution in [2.75, 3.05) is 6.54 Å². The van der Waals surface area contributed by atoms with E-state index < -0.39 is 5.60 Å². The van der Waals surface area contributed by atoms with E-state index in [1.807, 2.05) is 0 Å². The number of aryl methyl sites for hydroxylation is 1. The van der Waals surface area contributed by atoms with E-state index in [9.17, 15) is 14.3 Å². The normalized spacial score (nSPS) is 13.8. The third-order valence-electron chi connectivity index (χ3n) is 3.16. The molecule has 2 N–H and O–H groups in total. The Morgan fingerprint density at radius 1 is 1.35 bits per heavy atom. The molecule has 0 saturated carbocycles. The molecule has 0 fully saturated rings. The van der Waals surface area contributed by atoms with Gasteiger partial charge in [0.2, 0.25) is 0 Å². The first kappa shape index (κ1) is 14.3. The number of hydrogen-bond donors (Lipinski definition) is 2. The molecule has 1 amide bonds. The van der Waals surface area contributed by atoms with Crippen molar-refractivity contribution in [3.63, 3.8) is 0 Å². The Kier molecular flexibility index (Phi) is 3.90. The first-order valence-corrected chi connectivity index (χ1v) is 6.21. The van der Waals surface area contributed by atoms with Gasteiger partial charge in [-0.15, -0.1) is 0 Å². The lowest BCUT2D eigenvalue weighted by Gasteiger charge is -2.24. The highest BCUT2D eigenvalue weighted by Gasteiger charge is 2.24. The highest BCUT2D eigenvalue weighted by Crippen LogP contribution is 2.20. The molecular weight excluding hydrogens is 261 g/mol. The lowest BCUT2D eigenvalue weighted by molar-refractivity contribution is 0.0525. The quantitative estimate of drug-likeness (QED) is 0.901. The molecule has 20 heavy (non-hydrogen) atoms. The van der Waals surface area contributed by atoms with Gasteiger partial charge < -0.3 is 14.8 Å². The molecule has 0 saturated heterocycles. The average molecular weight is 277 g/mol. The standard InChI is InChI=1S/C15H16FNO3/c1-10-13(7-8-20-10)14(18)17-9-15(2,19)11-3-5-12(16)6-4-11/h3-8,19H,9H2,1-2H3,(H,17,18). The second kappa shape index (κ2) is 5.46. The van der Waals surface area contributed by atoms with Crippen LogP contribution in [0.5, 0.6) is 0 Å². The zero-order chi connectivity index (χ0) is 14.8. The van der Waals surface area contributed by atoms with Crippen molar-refractivity contribution >= 4 is 5.91 Å². The fourth-order valence-electron chi connectivity index (χ4n) is 1.88. The van der Waals surface area contributed by atoms with Gasteiger partial charge in [0.05, 0.1) is 18.4 Å². The van der Waals surface area contributed by atoms with Crippen LogP contribution in [-0.2, 0) is 5.60 Å². The van der Waals surface area contributed by atoms with Gasteiger partial charge in [-0.25, -0.2) is 4.39 Å². The molecule has 0 aliphatic rings. The molecule has 0 bridgehead atoms. The number of halogens is 1. The third kappa shape index (κ3) is 3.05. The molecule has 0 radical (unpaired) electrons. The molecule has 1 heterocycles. The predicted molar refractivity (Wildman–Crippen MR) is 71.7 cm³/mol. The monoisotopic (exact) mass is 277 g/mol. The minimum atomic E-state index is -1.28. The molecular formula is C15H16FNO3. The summed E-state index contributed by atoms with van der Waals surface area (Å²) in [5, 5.41) is 13.0. The van der Waals surface area contributed by atoms with Crippen LogP contribution in [-0.4, -0.2) is 17.6 Å². The summed E-state index contributed by atoms with van der Waals surface area (Å²) < 4.78 is 17.9. The summed E-state index contributed by atoms with van der Waals surface area (Å²) in [5.41, 5.74) is -0.316. The molecule has 1 atom stereocenters. The Balaban J connectivity index is 2.04. The van der Waals surface area contributed by atoms with E-state index in [0.29, 0.717) is 16.9 Å². The minimum Gasteiger partial charge on any atom is -0.469 e. The molecule has 2 aromatic rings. The van der Waals surface area contributed by atoms with Crippen molar-refractivity contribution in [2.24, 2.45) is 0 Å². The van der Waals surface area contributed by atoms with E-state index in [1.165, 1.54) is 30.5 Å². The van der Waals surface area contributed by atoms with E-state index >= 15 is 0 Å². The van der Waals surface area contributed by atoms with Gasteiger partial charge in [0.25, 0.3) is 5.91 Å². The molecule has 106 valence electrons. The van der Waals surface area contributed by atoms with Gasteiger partial charge in [0.15, 0.2) is 0 Å². The molecule has 1 aromatic carbocycles. The number of amides is 1. The van der Waals surface area contributed by atoms with E-state index in [0.717, 1.165) is 0 Å². The van der Waals surface area contributed by atoms with Gasteiger partial charge in [0.1, 0.15) is 17.2 Å². The Morgan fingerprint density at radius 3 is 2.55 bits per heavy atom. The van der Waals surface area contributed by atoms with Crippen molar-refractivity contribution in [1.82, 2.24) is 5.32 Å². The maximum atomic E-state index is 12.9. The molecule has 1 unspecified atom stereocenters. The number of hydrogen-bond acceptors (Lipinski definition) is 3. The second-order valence-electron chi connectivity index (χ2n) is 4.85. The van der Waals surface area contributed by atoms with Crippen LogP contribution in [0, 0.1) is 12.7 Å². The van der Waals surface area contributed by atoms with Crippen LogP contribution in [0.25, 0.3) is 0 Å². The third-order valence-corrected chi connectivity index (χ3v) is 3.16. The molecule has 0 aliphatic heterocycles. The lowest BCUT2D eigenvalue weighted by Crippen LogP contribution is -2.38. The van der Waals surface area contributed by atoms with Crippen LogP contribution in [0.1, 0.15) is 28.6 Å². The maximum absolute atomic E-state index is 12.9. The lowest BCUT2D eigenvalue weighted by atomic mass is 9.96. The van der Waals surface area contributed by atoms with Crippen molar-refractivity contribution in [1.29, 1.82) is 0 Å². The van der Waals surface area contributed by atoms with Crippen molar-refractivity contribution < 1.29 is 18.7 Å². The van der Waals surface area contributed by atoms with Crippen LogP contribution in [0.2, 0.25) is 0 Å². The van der Waals surface area contributed by atoms with Gasteiger partial charge >= 0.3 is 0 Å². The maximum Gasteiger partial charge on any atom is 0.254 e. The fourth-order valence-corrected chi connectivity index (χ4v) is 1.88. The zero-order valence-electron chi connectivity index (χ0n) is 11.3. The van der Waals surface area contributed by atoms with Crippen LogP contribution >= 0.6 is 0 Å². The van der Waals surface area contributed by atoms with E-state index in [2.05, 4.69) is 5.32 Å². The van der Waals surface area contributed by atoms with E-state index in [-0.39, 0.29) is 18.3 Å². The van der Waals surface area contributed by atoms with Crippen LogP contribution in [0.15, 0.2) is 41.0 Å². The summed E-state index contributed by atoms with van der Waals surface area (Å²) in [6, 6.07) is 7.09.